The molecule has 1 aromatic carbocycles. The van der Waals surface area contributed by atoms with Gasteiger partial charge in [0.2, 0.25) is 0 Å². The molecule has 2 heteroatoms. The molecule has 48 valence electrons. The molecule has 0 bridgehead atoms. The largest absolute Gasteiger partial charge is 1.00 e. The third-order valence-electron chi connectivity index (χ3n) is 1.35. The summed E-state index contributed by atoms with van der Waals surface area (Å²) in [4.78, 5) is 0. The van der Waals surface area contributed by atoms with Gasteiger partial charge in [-0.15, -0.1) is 5.75 Å². The van der Waals surface area contributed by atoms with E-state index >= 15 is 0 Å². The van der Waals surface area contributed by atoms with Crippen molar-refractivity contribution in [3.63, 3.8) is 0 Å². The third kappa shape index (κ3) is 2.33. The molecule has 1 nitrogen and oxygen atoms in total. The first-order valence-electron chi connectivity index (χ1n) is 3.09. The fraction of sp³-hybridized carbons (Fsp3) is 0.250. The molecule has 0 spiro atoms. The van der Waals surface area contributed by atoms with Crippen LogP contribution in [0.3, 0.4) is 0 Å². The van der Waals surface area contributed by atoms with Gasteiger partial charge >= 0.3 is 29.6 Å². The third-order valence-corrected chi connectivity index (χ3v) is 1.35. The Kier molecular flexibility index (Phi) is 4.79. The van der Waals surface area contributed by atoms with Gasteiger partial charge in [-0.2, -0.15) is 0 Å². The zero-order valence-corrected chi connectivity index (χ0v) is 8.42. The van der Waals surface area contributed by atoms with E-state index in [9.17, 15) is 5.11 Å². The molecule has 10 heavy (non-hydrogen) atoms. The predicted octanol–water partition coefficient (Wildman–Crippen LogP) is -1.67. The number of aryl methyl sites for hydroxylation is 1. The second kappa shape index (κ2) is 4.78. The molecule has 0 saturated heterocycles. The second-order valence-electron chi connectivity index (χ2n) is 1.96. The quantitative estimate of drug-likeness (QED) is 0.432. The average molecular weight is 144 g/mol. The molecule has 0 aliphatic heterocycles. The van der Waals surface area contributed by atoms with Crippen LogP contribution in [0.15, 0.2) is 24.3 Å². The summed E-state index contributed by atoms with van der Waals surface area (Å²) in [7, 11) is 0. The number of benzene rings is 1. The van der Waals surface area contributed by atoms with E-state index in [1.165, 1.54) is 0 Å². The van der Waals surface area contributed by atoms with Gasteiger partial charge in [-0.05, 0) is 6.42 Å². The van der Waals surface area contributed by atoms with E-state index in [1.54, 1.807) is 12.1 Å². The van der Waals surface area contributed by atoms with E-state index in [0.717, 1.165) is 12.0 Å². The minimum atomic E-state index is 0. The van der Waals surface area contributed by atoms with E-state index in [2.05, 4.69) is 0 Å². The van der Waals surface area contributed by atoms with Crippen molar-refractivity contribution in [1.29, 1.82) is 0 Å². The van der Waals surface area contributed by atoms with E-state index in [0.29, 0.717) is 0 Å². The van der Waals surface area contributed by atoms with Gasteiger partial charge in [0, 0.05) is 0 Å². The van der Waals surface area contributed by atoms with Crippen molar-refractivity contribution < 1.29 is 34.7 Å². The van der Waals surface area contributed by atoms with Crippen molar-refractivity contribution in [3.05, 3.63) is 29.8 Å². The summed E-state index contributed by atoms with van der Waals surface area (Å²) in [6.07, 6.45) is 0.833. The molecule has 0 saturated carbocycles. The summed E-state index contributed by atoms with van der Waals surface area (Å²) >= 11 is 0. The molecule has 0 fully saturated rings. The first-order chi connectivity index (χ1) is 4.34. The van der Waals surface area contributed by atoms with Crippen molar-refractivity contribution in [2.45, 2.75) is 13.3 Å². The van der Waals surface area contributed by atoms with Gasteiger partial charge in [-0.25, -0.2) is 0 Å². The van der Waals surface area contributed by atoms with Crippen molar-refractivity contribution in [2.24, 2.45) is 0 Å². The standard InChI is InChI=1S/C8H10O.Na/c1-2-7-5-3-4-6-8(7)9;/h3-6,9H,2H2,1H3;/q;+1/p-1. The summed E-state index contributed by atoms with van der Waals surface area (Å²) in [6, 6.07) is 7.11. The number of rotatable bonds is 1. The second-order valence-corrected chi connectivity index (χ2v) is 1.96. The Labute approximate surface area is 83.4 Å². The minimum Gasteiger partial charge on any atom is -0.872 e. The molecule has 1 rings (SSSR count). The molecule has 0 atom stereocenters. The number of para-hydroxylation sites is 1. The van der Waals surface area contributed by atoms with Crippen molar-refractivity contribution in [2.75, 3.05) is 0 Å². The average Bonchev–Trinajstić information content (AvgIpc) is 1.89. The van der Waals surface area contributed by atoms with E-state index < -0.39 is 0 Å². The molecule has 1 aromatic rings. The smallest absolute Gasteiger partial charge is 0.872 e. The molecule has 0 aliphatic carbocycles. The topological polar surface area (TPSA) is 23.1 Å². The Morgan fingerprint density at radius 2 is 1.90 bits per heavy atom. The normalized spacial score (nSPS) is 8.50. The predicted molar refractivity (Wildman–Crippen MR) is 35.3 cm³/mol. The fourth-order valence-electron chi connectivity index (χ4n) is 0.796. The van der Waals surface area contributed by atoms with Gasteiger partial charge in [-0.3, -0.25) is 0 Å². The van der Waals surface area contributed by atoms with Gasteiger partial charge in [-0.1, -0.05) is 36.8 Å². The van der Waals surface area contributed by atoms with Crippen LogP contribution in [0.2, 0.25) is 0 Å². The maximum atomic E-state index is 10.9. The molecule has 0 amide bonds. The maximum absolute atomic E-state index is 10.9. The summed E-state index contributed by atoms with van der Waals surface area (Å²) in [5.41, 5.74) is 0.900. The van der Waals surface area contributed by atoms with Crippen LogP contribution < -0.4 is 34.7 Å². The molecule has 0 N–H and O–H groups in total. The van der Waals surface area contributed by atoms with E-state index in [-0.39, 0.29) is 35.3 Å². The molecular formula is C8H9NaO. The Morgan fingerprint density at radius 1 is 1.30 bits per heavy atom. The summed E-state index contributed by atoms with van der Waals surface area (Å²) in [5, 5.41) is 10.9. The van der Waals surface area contributed by atoms with E-state index in [4.69, 9.17) is 0 Å². The Morgan fingerprint density at radius 3 is 2.30 bits per heavy atom. The van der Waals surface area contributed by atoms with Crippen LogP contribution in [0, 0.1) is 0 Å². The summed E-state index contributed by atoms with van der Waals surface area (Å²) in [6.45, 7) is 1.98. The number of hydrogen-bond acceptors (Lipinski definition) is 1. The first kappa shape index (κ1) is 10.0. The zero-order valence-electron chi connectivity index (χ0n) is 6.42. The van der Waals surface area contributed by atoms with Crippen LogP contribution in [0.5, 0.6) is 5.75 Å². The Bertz CT molecular complexity index is 198. The van der Waals surface area contributed by atoms with Gasteiger partial charge in [0.05, 0.1) is 0 Å². The Balaban J connectivity index is 0.000000810. The summed E-state index contributed by atoms with van der Waals surface area (Å²) in [5.74, 6) is 0.153. The van der Waals surface area contributed by atoms with Gasteiger partial charge in [0.25, 0.3) is 0 Å². The van der Waals surface area contributed by atoms with Crippen LogP contribution in [0.1, 0.15) is 12.5 Å². The van der Waals surface area contributed by atoms with Crippen LogP contribution in [-0.2, 0) is 6.42 Å². The molecule has 0 radical (unpaired) electrons. The summed E-state index contributed by atoms with van der Waals surface area (Å²) < 4.78 is 0. The number of hydrogen-bond donors (Lipinski definition) is 0. The van der Waals surface area contributed by atoms with Crippen molar-refractivity contribution in [3.8, 4) is 5.75 Å². The molecular weight excluding hydrogens is 135 g/mol. The fourth-order valence-corrected chi connectivity index (χ4v) is 0.796. The minimum absolute atomic E-state index is 0. The Hall–Kier alpha value is 0.0200. The molecule has 0 aromatic heterocycles. The molecule has 0 aliphatic rings. The van der Waals surface area contributed by atoms with Crippen LogP contribution in [0.4, 0.5) is 0 Å². The zero-order chi connectivity index (χ0) is 6.69. The van der Waals surface area contributed by atoms with Gasteiger partial charge < -0.3 is 5.11 Å². The van der Waals surface area contributed by atoms with E-state index in [1.807, 2.05) is 19.1 Å². The van der Waals surface area contributed by atoms with Gasteiger partial charge in [0.15, 0.2) is 0 Å². The van der Waals surface area contributed by atoms with Gasteiger partial charge in [0.1, 0.15) is 0 Å². The van der Waals surface area contributed by atoms with Crippen LogP contribution in [0.25, 0.3) is 0 Å². The van der Waals surface area contributed by atoms with Crippen LogP contribution in [-0.4, -0.2) is 0 Å². The monoisotopic (exact) mass is 144 g/mol. The maximum Gasteiger partial charge on any atom is 1.00 e. The van der Waals surface area contributed by atoms with Crippen LogP contribution >= 0.6 is 0 Å². The first-order valence-corrected chi connectivity index (χ1v) is 3.09. The SMILES string of the molecule is CCc1ccccc1[O-].[Na+]. The van der Waals surface area contributed by atoms with Crippen molar-refractivity contribution in [1.82, 2.24) is 0 Å². The van der Waals surface area contributed by atoms with Crippen molar-refractivity contribution >= 4 is 0 Å². The molecule has 0 heterocycles. The molecule has 0 unspecified atom stereocenters.